The van der Waals surface area contributed by atoms with Crippen molar-refractivity contribution < 1.29 is 28.9 Å². The van der Waals surface area contributed by atoms with Gasteiger partial charge in [-0.15, -0.1) is 0 Å². The number of methoxy groups -OCH3 is 1. The summed E-state index contributed by atoms with van der Waals surface area (Å²) in [6.45, 7) is 4.69. The van der Waals surface area contributed by atoms with Crippen LogP contribution < -0.4 is 19.1 Å². The molecule has 0 aliphatic carbocycles. The topological polar surface area (TPSA) is 85.3 Å². The van der Waals surface area contributed by atoms with Crippen LogP contribution in [-0.4, -0.2) is 37.1 Å². The number of rotatable bonds is 8. The average molecular weight is 508 g/mol. The Morgan fingerprint density at radius 3 is 2.28 bits per heavy atom. The largest absolute Gasteiger partial charge is 0.507 e. The Bertz CT molecular complexity index is 1320. The molecule has 1 saturated heterocycles. The molecule has 3 aromatic rings. The van der Waals surface area contributed by atoms with E-state index in [9.17, 15) is 14.7 Å². The fraction of sp³-hybridized carbons (Fsp3) is 0.214. The third-order valence-corrected chi connectivity index (χ3v) is 6.08. The number of aliphatic hydroxyl groups is 1. The minimum absolute atomic E-state index is 0.0489. The first-order valence-electron chi connectivity index (χ1n) is 11.5. The van der Waals surface area contributed by atoms with Crippen LogP contribution in [0.15, 0.2) is 72.3 Å². The van der Waals surface area contributed by atoms with Crippen molar-refractivity contribution in [3.63, 3.8) is 0 Å². The van der Waals surface area contributed by atoms with E-state index >= 15 is 0 Å². The predicted molar refractivity (Wildman–Crippen MR) is 138 cm³/mol. The number of anilines is 1. The number of carbonyl (C=O) groups is 2. The van der Waals surface area contributed by atoms with Crippen LogP contribution in [-0.2, 0) is 9.59 Å². The van der Waals surface area contributed by atoms with Crippen LogP contribution >= 0.6 is 11.6 Å². The third-order valence-electron chi connectivity index (χ3n) is 5.78. The van der Waals surface area contributed by atoms with Crippen LogP contribution in [0.25, 0.3) is 5.76 Å². The number of aliphatic hydroxyl groups excluding tert-OH is 1. The van der Waals surface area contributed by atoms with Crippen molar-refractivity contribution >= 4 is 34.7 Å². The minimum Gasteiger partial charge on any atom is -0.507 e. The van der Waals surface area contributed by atoms with Gasteiger partial charge in [-0.25, -0.2) is 0 Å². The van der Waals surface area contributed by atoms with E-state index in [4.69, 9.17) is 25.8 Å². The summed E-state index contributed by atoms with van der Waals surface area (Å²) in [7, 11) is 1.48. The molecule has 7 nitrogen and oxygen atoms in total. The lowest BCUT2D eigenvalue weighted by molar-refractivity contribution is -0.132. The van der Waals surface area contributed by atoms with Gasteiger partial charge in [-0.3, -0.25) is 14.5 Å². The van der Waals surface area contributed by atoms with Gasteiger partial charge in [-0.1, -0.05) is 29.8 Å². The molecule has 4 rings (SSSR count). The summed E-state index contributed by atoms with van der Waals surface area (Å²) in [6.07, 6.45) is 0. The molecule has 1 atom stereocenters. The maximum absolute atomic E-state index is 13.4. The van der Waals surface area contributed by atoms with Crippen LogP contribution in [0.1, 0.15) is 31.0 Å². The van der Waals surface area contributed by atoms with Gasteiger partial charge in [0, 0.05) is 17.3 Å². The molecule has 1 unspecified atom stereocenters. The number of Topliss-reactive ketones (excluding diaryl/α,β-unsaturated/α-hetero) is 1. The van der Waals surface area contributed by atoms with E-state index in [1.807, 2.05) is 13.8 Å². The maximum atomic E-state index is 13.4. The molecule has 36 heavy (non-hydrogen) atoms. The Kier molecular flexibility index (Phi) is 7.50. The highest BCUT2D eigenvalue weighted by Gasteiger charge is 2.47. The number of nitrogens with zero attached hydrogens (tertiary/aromatic N) is 1. The Labute approximate surface area is 214 Å². The first-order chi connectivity index (χ1) is 17.4. The number of amides is 1. The van der Waals surface area contributed by atoms with E-state index in [0.29, 0.717) is 41.7 Å². The normalized spacial score (nSPS) is 16.8. The molecule has 1 fully saturated rings. The molecule has 8 heteroatoms. The van der Waals surface area contributed by atoms with Crippen LogP contribution in [0, 0.1) is 0 Å². The summed E-state index contributed by atoms with van der Waals surface area (Å²) in [6, 6.07) is 17.8. The Morgan fingerprint density at radius 1 is 0.944 bits per heavy atom. The van der Waals surface area contributed by atoms with Gasteiger partial charge >= 0.3 is 0 Å². The number of benzene rings is 3. The van der Waals surface area contributed by atoms with Gasteiger partial charge in [0.2, 0.25) is 0 Å². The molecule has 0 saturated carbocycles. The molecule has 0 radical (unpaired) electrons. The number of ether oxygens (including phenoxy) is 3. The summed E-state index contributed by atoms with van der Waals surface area (Å²) in [5, 5.41) is 11.6. The van der Waals surface area contributed by atoms with Gasteiger partial charge in [0.1, 0.15) is 23.0 Å². The second-order valence-electron chi connectivity index (χ2n) is 7.95. The van der Waals surface area contributed by atoms with Crippen LogP contribution in [0.5, 0.6) is 17.2 Å². The predicted octanol–water partition coefficient (Wildman–Crippen LogP) is 5.77. The summed E-state index contributed by atoms with van der Waals surface area (Å²) < 4.78 is 16.3. The first kappa shape index (κ1) is 25.1. The van der Waals surface area contributed by atoms with Crippen LogP contribution in [0.2, 0.25) is 5.02 Å². The SMILES string of the molecule is CCOc1ccc(C2/C(=C(\O)c3ccc(OC)c(Cl)c3)C(=O)C(=O)N2c2cccc(OCC)c2)cc1. The van der Waals surface area contributed by atoms with E-state index in [-0.39, 0.29) is 21.9 Å². The zero-order chi connectivity index (χ0) is 25.8. The van der Waals surface area contributed by atoms with Gasteiger partial charge < -0.3 is 19.3 Å². The van der Waals surface area contributed by atoms with Gasteiger partial charge in [-0.05, 0) is 61.9 Å². The molecule has 1 aliphatic rings. The molecule has 186 valence electrons. The molecule has 1 amide bonds. The maximum Gasteiger partial charge on any atom is 0.300 e. The summed E-state index contributed by atoms with van der Waals surface area (Å²) in [5.41, 5.74) is 1.33. The summed E-state index contributed by atoms with van der Waals surface area (Å²) >= 11 is 6.27. The van der Waals surface area contributed by atoms with Gasteiger partial charge in [0.15, 0.2) is 0 Å². The quantitative estimate of drug-likeness (QED) is 0.236. The number of ketones is 1. The molecular formula is C28H26ClNO6. The highest BCUT2D eigenvalue weighted by molar-refractivity contribution is 6.51. The second kappa shape index (κ2) is 10.7. The smallest absolute Gasteiger partial charge is 0.300 e. The molecule has 0 bridgehead atoms. The first-order valence-corrected chi connectivity index (χ1v) is 11.9. The van der Waals surface area contributed by atoms with Crippen molar-refractivity contribution in [1.82, 2.24) is 0 Å². The molecule has 3 aromatic carbocycles. The van der Waals surface area contributed by atoms with Crippen molar-refractivity contribution in [3.05, 3.63) is 88.5 Å². The highest BCUT2D eigenvalue weighted by atomic mass is 35.5. The zero-order valence-corrected chi connectivity index (χ0v) is 20.9. The van der Waals surface area contributed by atoms with Crippen molar-refractivity contribution in [2.45, 2.75) is 19.9 Å². The monoisotopic (exact) mass is 507 g/mol. The van der Waals surface area contributed by atoms with E-state index in [2.05, 4.69) is 0 Å². The lowest BCUT2D eigenvalue weighted by Crippen LogP contribution is -2.29. The van der Waals surface area contributed by atoms with Crippen LogP contribution in [0.4, 0.5) is 5.69 Å². The average Bonchev–Trinajstić information content (AvgIpc) is 3.15. The van der Waals surface area contributed by atoms with E-state index in [1.54, 1.807) is 60.7 Å². The zero-order valence-electron chi connectivity index (χ0n) is 20.2. The standard InChI is InChI=1S/C28H26ClNO6/c1-4-35-20-12-9-17(10-13-20)25-24(26(31)18-11-14-23(34-3)22(29)15-18)27(32)28(33)30(25)19-7-6-8-21(16-19)36-5-2/h6-16,25,31H,4-5H2,1-3H3/b26-24+. The van der Waals surface area contributed by atoms with Gasteiger partial charge in [0.05, 0.1) is 37.0 Å². The summed E-state index contributed by atoms with van der Waals surface area (Å²) in [5.74, 6) is -0.267. The Balaban J connectivity index is 1.90. The van der Waals surface area contributed by atoms with Crippen molar-refractivity contribution in [1.29, 1.82) is 0 Å². The molecule has 1 heterocycles. The van der Waals surface area contributed by atoms with E-state index < -0.39 is 17.7 Å². The molecule has 0 aromatic heterocycles. The number of halogens is 1. The van der Waals surface area contributed by atoms with Crippen LogP contribution in [0.3, 0.4) is 0 Å². The molecule has 1 N–H and O–H groups in total. The van der Waals surface area contributed by atoms with Crippen molar-refractivity contribution in [2.75, 3.05) is 25.2 Å². The van der Waals surface area contributed by atoms with Crippen molar-refractivity contribution in [3.8, 4) is 17.2 Å². The Hall–Kier alpha value is -3.97. The number of hydrogen-bond donors (Lipinski definition) is 1. The van der Waals surface area contributed by atoms with E-state index in [0.717, 1.165) is 0 Å². The summed E-state index contributed by atoms with van der Waals surface area (Å²) in [4.78, 5) is 28.1. The lowest BCUT2D eigenvalue weighted by atomic mass is 9.95. The van der Waals surface area contributed by atoms with E-state index in [1.165, 1.54) is 18.1 Å². The number of hydrogen-bond acceptors (Lipinski definition) is 6. The number of carbonyl (C=O) groups excluding carboxylic acids is 2. The minimum atomic E-state index is -0.890. The lowest BCUT2D eigenvalue weighted by Gasteiger charge is -2.26. The van der Waals surface area contributed by atoms with Gasteiger partial charge in [0.25, 0.3) is 11.7 Å². The molecule has 1 aliphatic heterocycles. The van der Waals surface area contributed by atoms with Crippen molar-refractivity contribution in [2.24, 2.45) is 0 Å². The Morgan fingerprint density at radius 2 is 1.64 bits per heavy atom. The molecular weight excluding hydrogens is 482 g/mol. The highest BCUT2D eigenvalue weighted by Crippen LogP contribution is 2.43. The third kappa shape index (κ3) is 4.75. The van der Waals surface area contributed by atoms with Gasteiger partial charge in [-0.2, -0.15) is 0 Å². The second-order valence-corrected chi connectivity index (χ2v) is 8.36. The fourth-order valence-electron chi connectivity index (χ4n) is 4.19. The molecule has 0 spiro atoms. The fourth-order valence-corrected chi connectivity index (χ4v) is 4.44.